The van der Waals surface area contributed by atoms with Crippen molar-refractivity contribution < 1.29 is 4.79 Å². The summed E-state index contributed by atoms with van der Waals surface area (Å²) >= 11 is 0. The quantitative estimate of drug-likeness (QED) is 0.763. The first kappa shape index (κ1) is 11.9. The van der Waals surface area contributed by atoms with Crippen LogP contribution in [0.5, 0.6) is 0 Å². The summed E-state index contributed by atoms with van der Waals surface area (Å²) in [4.78, 5) is 18.7. The second-order valence-electron chi connectivity index (χ2n) is 4.05. The van der Waals surface area contributed by atoms with Crippen LogP contribution in [0.3, 0.4) is 0 Å². The minimum absolute atomic E-state index is 0.189. The Hall–Kier alpha value is -2.16. The summed E-state index contributed by atoms with van der Waals surface area (Å²) in [6.07, 6.45) is 3.00. The lowest BCUT2D eigenvalue weighted by Crippen LogP contribution is -2.36. The van der Waals surface area contributed by atoms with Crippen molar-refractivity contribution in [2.75, 3.05) is 5.32 Å². The van der Waals surface area contributed by atoms with Crippen LogP contribution >= 0.6 is 0 Å². The van der Waals surface area contributed by atoms with Crippen LogP contribution in [-0.2, 0) is 4.79 Å². The third-order valence-corrected chi connectivity index (χ3v) is 1.85. The fourth-order valence-corrected chi connectivity index (χ4v) is 1.28. The van der Waals surface area contributed by atoms with Crippen molar-refractivity contribution in [3.05, 3.63) is 18.1 Å². The van der Waals surface area contributed by atoms with Gasteiger partial charge in [-0.2, -0.15) is 5.26 Å². The summed E-state index contributed by atoms with van der Waals surface area (Å²) < 4.78 is 0. The van der Waals surface area contributed by atoms with Gasteiger partial charge < -0.3 is 11.1 Å². The van der Waals surface area contributed by atoms with Crippen molar-refractivity contribution in [1.29, 1.82) is 5.26 Å². The van der Waals surface area contributed by atoms with E-state index in [-0.39, 0.29) is 18.0 Å². The molecular weight excluding hydrogens is 206 g/mol. The number of nitrogens with two attached hydrogens (primary N) is 1. The first-order valence-electron chi connectivity index (χ1n) is 4.71. The van der Waals surface area contributed by atoms with Gasteiger partial charge in [0.15, 0.2) is 5.69 Å². The van der Waals surface area contributed by atoms with Crippen LogP contribution in [0.15, 0.2) is 12.4 Å². The van der Waals surface area contributed by atoms with Crippen LogP contribution in [0.1, 0.15) is 26.0 Å². The second kappa shape index (κ2) is 4.57. The van der Waals surface area contributed by atoms with Crippen molar-refractivity contribution in [3.8, 4) is 6.07 Å². The van der Waals surface area contributed by atoms with Gasteiger partial charge in [0, 0.05) is 12.0 Å². The highest BCUT2D eigenvalue weighted by Gasteiger charge is 2.20. The molecule has 3 N–H and O–H groups in total. The van der Waals surface area contributed by atoms with Crippen LogP contribution in [0.25, 0.3) is 0 Å². The Morgan fingerprint density at radius 1 is 1.56 bits per heavy atom. The molecule has 1 aromatic rings. The zero-order valence-electron chi connectivity index (χ0n) is 9.19. The molecule has 0 bridgehead atoms. The van der Waals surface area contributed by atoms with Gasteiger partial charge in [-0.05, 0) is 13.8 Å². The number of carbonyl (C=O) groups excluding carboxylic acids is 1. The van der Waals surface area contributed by atoms with Gasteiger partial charge in [0.2, 0.25) is 5.91 Å². The maximum Gasteiger partial charge on any atom is 0.219 e. The van der Waals surface area contributed by atoms with Crippen molar-refractivity contribution in [3.63, 3.8) is 0 Å². The highest BCUT2D eigenvalue weighted by molar-refractivity contribution is 5.75. The molecule has 1 amide bonds. The zero-order valence-corrected chi connectivity index (χ0v) is 9.19. The predicted octanol–water partition coefficient (Wildman–Crippen LogP) is 0.414. The van der Waals surface area contributed by atoms with Crippen molar-refractivity contribution >= 4 is 11.7 Å². The minimum Gasteiger partial charge on any atom is -0.370 e. The summed E-state index contributed by atoms with van der Waals surface area (Å²) in [5.74, 6) is 0.115. The van der Waals surface area contributed by atoms with Gasteiger partial charge in [0.05, 0.1) is 12.4 Å². The molecule has 0 aliphatic carbocycles. The molecule has 1 rings (SSSR count). The number of rotatable bonds is 4. The van der Waals surface area contributed by atoms with E-state index in [1.165, 1.54) is 12.4 Å². The summed E-state index contributed by atoms with van der Waals surface area (Å²) in [5, 5.41) is 11.6. The SMILES string of the molecule is CC(C)(CC(N)=O)Nc1cnc(C#N)cn1. The van der Waals surface area contributed by atoms with Crippen molar-refractivity contribution in [1.82, 2.24) is 9.97 Å². The van der Waals surface area contributed by atoms with E-state index in [1.54, 1.807) is 0 Å². The molecule has 0 unspecified atom stereocenters. The van der Waals surface area contributed by atoms with E-state index in [4.69, 9.17) is 11.0 Å². The topological polar surface area (TPSA) is 105 Å². The summed E-state index contributed by atoms with van der Waals surface area (Å²) in [5.41, 5.74) is 4.88. The van der Waals surface area contributed by atoms with Gasteiger partial charge in [0.1, 0.15) is 11.9 Å². The average Bonchev–Trinajstić information content (AvgIpc) is 2.16. The predicted molar refractivity (Wildman–Crippen MR) is 58.3 cm³/mol. The smallest absolute Gasteiger partial charge is 0.219 e. The molecule has 1 heterocycles. The van der Waals surface area contributed by atoms with E-state index in [9.17, 15) is 4.79 Å². The minimum atomic E-state index is -0.491. The second-order valence-corrected chi connectivity index (χ2v) is 4.05. The van der Waals surface area contributed by atoms with Gasteiger partial charge in [0.25, 0.3) is 0 Å². The van der Waals surface area contributed by atoms with Crippen LogP contribution in [0.4, 0.5) is 5.82 Å². The Morgan fingerprint density at radius 3 is 2.69 bits per heavy atom. The lowest BCUT2D eigenvalue weighted by molar-refractivity contribution is -0.118. The number of anilines is 1. The van der Waals surface area contributed by atoms with Gasteiger partial charge in [-0.1, -0.05) is 0 Å². The van der Waals surface area contributed by atoms with Crippen molar-refractivity contribution in [2.24, 2.45) is 5.73 Å². The van der Waals surface area contributed by atoms with E-state index in [1.807, 2.05) is 19.9 Å². The number of nitrogens with zero attached hydrogens (tertiary/aromatic N) is 3. The number of amides is 1. The molecule has 0 saturated heterocycles. The Labute approximate surface area is 93.5 Å². The molecule has 0 spiro atoms. The largest absolute Gasteiger partial charge is 0.370 e. The molecule has 1 aromatic heterocycles. The molecule has 0 atom stereocenters. The molecule has 84 valence electrons. The molecule has 0 saturated carbocycles. The van der Waals surface area contributed by atoms with Crippen LogP contribution in [0, 0.1) is 11.3 Å². The fraction of sp³-hybridized carbons (Fsp3) is 0.400. The molecule has 0 fully saturated rings. The summed E-state index contributed by atoms with van der Waals surface area (Å²) in [6.45, 7) is 3.66. The van der Waals surface area contributed by atoms with E-state index in [2.05, 4.69) is 15.3 Å². The van der Waals surface area contributed by atoms with Crippen LogP contribution in [-0.4, -0.2) is 21.4 Å². The molecule has 0 aliphatic rings. The molecule has 0 aromatic carbocycles. The maximum atomic E-state index is 10.8. The van der Waals surface area contributed by atoms with Gasteiger partial charge in [-0.3, -0.25) is 4.79 Å². The Morgan fingerprint density at radius 2 is 2.25 bits per heavy atom. The van der Waals surface area contributed by atoms with E-state index >= 15 is 0 Å². The van der Waals surface area contributed by atoms with Gasteiger partial charge in [-0.25, -0.2) is 9.97 Å². The fourth-order valence-electron chi connectivity index (χ4n) is 1.28. The van der Waals surface area contributed by atoms with E-state index in [0.717, 1.165) is 0 Å². The highest BCUT2D eigenvalue weighted by atomic mass is 16.1. The molecular formula is C10H13N5O. The molecule has 6 nitrogen and oxygen atoms in total. The number of nitriles is 1. The highest BCUT2D eigenvalue weighted by Crippen LogP contribution is 2.14. The van der Waals surface area contributed by atoms with Gasteiger partial charge in [-0.15, -0.1) is 0 Å². The summed E-state index contributed by atoms with van der Waals surface area (Å²) in [6, 6.07) is 1.87. The monoisotopic (exact) mass is 219 g/mol. The summed E-state index contributed by atoms with van der Waals surface area (Å²) in [7, 11) is 0. The maximum absolute atomic E-state index is 10.8. The Kier molecular flexibility index (Phi) is 3.40. The zero-order chi connectivity index (χ0) is 12.2. The lowest BCUT2D eigenvalue weighted by Gasteiger charge is -2.24. The number of hydrogen-bond acceptors (Lipinski definition) is 5. The average molecular weight is 219 g/mol. The first-order valence-corrected chi connectivity index (χ1v) is 4.71. The van der Waals surface area contributed by atoms with Crippen molar-refractivity contribution in [2.45, 2.75) is 25.8 Å². The van der Waals surface area contributed by atoms with Crippen LogP contribution in [0.2, 0.25) is 0 Å². The third-order valence-electron chi connectivity index (χ3n) is 1.85. The Balaban J connectivity index is 2.72. The number of hydrogen-bond donors (Lipinski definition) is 2. The lowest BCUT2D eigenvalue weighted by atomic mass is 10.0. The van der Waals surface area contributed by atoms with E-state index in [0.29, 0.717) is 5.82 Å². The first-order chi connectivity index (χ1) is 7.43. The normalized spacial score (nSPS) is 10.6. The third kappa shape index (κ3) is 3.53. The number of nitrogens with one attached hydrogen (secondary N) is 1. The standard InChI is InChI=1S/C10H13N5O/c1-10(2,3-8(12)16)15-9-6-13-7(4-11)5-14-9/h5-6H,3H2,1-2H3,(H2,12,16)(H,14,15). The molecule has 0 radical (unpaired) electrons. The Bertz CT molecular complexity index is 418. The number of aromatic nitrogens is 2. The number of primary amides is 1. The molecule has 16 heavy (non-hydrogen) atoms. The molecule has 6 heteroatoms. The van der Waals surface area contributed by atoms with E-state index < -0.39 is 5.54 Å². The molecule has 0 aliphatic heterocycles. The van der Waals surface area contributed by atoms with Gasteiger partial charge >= 0.3 is 0 Å². The van der Waals surface area contributed by atoms with Crippen LogP contribution < -0.4 is 11.1 Å². The number of carbonyl (C=O) groups is 1.